The Balaban J connectivity index is 1.62. The maximum absolute atomic E-state index is 11.9. The van der Waals surface area contributed by atoms with Crippen LogP contribution in [0.4, 0.5) is 9.59 Å². The first-order valence-corrected chi connectivity index (χ1v) is 10.6. The van der Waals surface area contributed by atoms with Crippen molar-refractivity contribution in [3.63, 3.8) is 0 Å². The van der Waals surface area contributed by atoms with Gasteiger partial charge in [-0.2, -0.15) is 0 Å². The molecule has 0 radical (unpaired) electrons. The zero-order valence-electron chi connectivity index (χ0n) is 17.5. The van der Waals surface area contributed by atoms with Gasteiger partial charge < -0.3 is 24.8 Å². The lowest BCUT2D eigenvalue weighted by atomic mass is 9.76. The van der Waals surface area contributed by atoms with Gasteiger partial charge >= 0.3 is 18.2 Å². The number of carbonyl (C=O) groups excluding carboxylic acids is 3. The second-order valence-electron chi connectivity index (χ2n) is 7.98. The van der Waals surface area contributed by atoms with E-state index in [1.165, 1.54) is 13.5 Å². The van der Waals surface area contributed by atoms with Crippen LogP contribution in [0.3, 0.4) is 0 Å². The molecule has 2 amide bonds. The highest BCUT2D eigenvalue weighted by molar-refractivity contribution is 5.88. The summed E-state index contributed by atoms with van der Waals surface area (Å²) in [6.45, 7) is 5.30. The third-order valence-electron chi connectivity index (χ3n) is 5.91. The monoisotopic (exact) mass is 410 g/mol. The Kier molecular flexibility index (Phi) is 9.28. The molecule has 0 aromatic heterocycles. The van der Waals surface area contributed by atoms with Crippen LogP contribution in [-0.2, 0) is 19.0 Å². The Bertz CT molecular complexity index is 578. The Morgan fingerprint density at radius 2 is 1.34 bits per heavy atom. The molecular weight excluding hydrogens is 376 g/mol. The van der Waals surface area contributed by atoms with Crippen LogP contribution in [0.15, 0.2) is 12.3 Å². The third kappa shape index (κ3) is 7.95. The highest BCUT2D eigenvalue weighted by Crippen LogP contribution is 2.35. The number of hydrogen-bond acceptors (Lipinski definition) is 6. The SMILES string of the molecule is C=C(OC(=O)NC1CCC(CC2CCC(NC(=O)OC)CC2)CC1)C(=O)OCC. The first-order chi connectivity index (χ1) is 13.9. The van der Waals surface area contributed by atoms with E-state index >= 15 is 0 Å². The number of methoxy groups -OCH3 is 1. The zero-order valence-corrected chi connectivity index (χ0v) is 17.5. The average molecular weight is 411 g/mol. The molecule has 0 spiro atoms. The van der Waals surface area contributed by atoms with Gasteiger partial charge in [0.15, 0.2) is 0 Å². The molecule has 2 rings (SSSR count). The van der Waals surface area contributed by atoms with Crippen molar-refractivity contribution in [2.75, 3.05) is 13.7 Å². The summed E-state index contributed by atoms with van der Waals surface area (Å²) < 4.78 is 14.3. The molecular formula is C21H34N2O6. The second kappa shape index (κ2) is 11.7. The molecule has 0 saturated heterocycles. The Labute approximate surface area is 172 Å². The number of amides is 2. The van der Waals surface area contributed by atoms with Gasteiger partial charge in [0.1, 0.15) is 0 Å². The van der Waals surface area contributed by atoms with Gasteiger partial charge in [-0.3, -0.25) is 0 Å². The van der Waals surface area contributed by atoms with E-state index in [9.17, 15) is 14.4 Å². The van der Waals surface area contributed by atoms with Gasteiger partial charge in [0.2, 0.25) is 5.76 Å². The van der Waals surface area contributed by atoms with E-state index in [0.717, 1.165) is 51.4 Å². The van der Waals surface area contributed by atoms with Crippen molar-refractivity contribution in [3.8, 4) is 0 Å². The fraction of sp³-hybridized carbons (Fsp3) is 0.762. The van der Waals surface area contributed by atoms with E-state index in [1.807, 2.05) is 0 Å². The first-order valence-electron chi connectivity index (χ1n) is 10.6. The Hall–Kier alpha value is -2.25. The number of nitrogens with one attached hydrogen (secondary N) is 2. The van der Waals surface area contributed by atoms with Crippen molar-refractivity contribution in [1.82, 2.24) is 10.6 Å². The molecule has 0 heterocycles. The van der Waals surface area contributed by atoms with Crippen molar-refractivity contribution in [3.05, 3.63) is 12.3 Å². The van der Waals surface area contributed by atoms with Gasteiger partial charge in [0.05, 0.1) is 13.7 Å². The van der Waals surface area contributed by atoms with E-state index in [1.54, 1.807) is 6.92 Å². The summed E-state index contributed by atoms with van der Waals surface area (Å²) in [5.41, 5.74) is 0. The highest BCUT2D eigenvalue weighted by Gasteiger charge is 2.28. The quantitative estimate of drug-likeness (QED) is 0.287. The molecule has 0 aliphatic heterocycles. The molecule has 0 aromatic rings. The molecule has 29 heavy (non-hydrogen) atoms. The summed E-state index contributed by atoms with van der Waals surface area (Å²) in [5, 5.41) is 5.71. The highest BCUT2D eigenvalue weighted by atomic mass is 16.6. The number of rotatable bonds is 7. The fourth-order valence-corrected chi connectivity index (χ4v) is 4.34. The standard InChI is InChI=1S/C21H34N2O6/c1-4-28-19(24)14(2)29-21(26)23-18-11-7-16(8-12-18)13-15-5-9-17(10-6-15)22-20(25)27-3/h15-18H,2,4-13H2,1,3H3,(H,22,25)(H,23,26). The molecule has 2 saturated carbocycles. The maximum Gasteiger partial charge on any atom is 0.413 e. The topological polar surface area (TPSA) is 103 Å². The molecule has 2 fully saturated rings. The van der Waals surface area contributed by atoms with Crippen molar-refractivity contribution < 1.29 is 28.6 Å². The minimum atomic E-state index is -0.720. The van der Waals surface area contributed by atoms with E-state index in [4.69, 9.17) is 9.47 Å². The van der Waals surface area contributed by atoms with Crippen LogP contribution in [0.5, 0.6) is 0 Å². The van der Waals surface area contributed by atoms with Crippen molar-refractivity contribution in [2.45, 2.75) is 76.8 Å². The largest absolute Gasteiger partial charge is 0.460 e. The van der Waals surface area contributed by atoms with Gasteiger partial charge in [0.25, 0.3) is 0 Å². The number of alkyl carbamates (subject to hydrolysis) is 2. The van der Waals surface area contributed by atoms with Crippen LogP contribution < -0.4 is 10.6 Å². The lowest BCUT2D eigenvalue weighted by Crippen LogP contribution is -2.39. The minimum absolute atomic E-state index is 0.0636. The Morgan fingerprint density at radius 3 is 1.79 bits per heavy atom. The van der Waals surface area contributed by atoms with Crippen molar-refractivity contribution in [2.24, 2.45) is 11.8 Å². The molecule has 2 N–H and O–H groups in total. The van der Waals surface area contributed by atoms with Crippen LogP contribution in [0.25, 0.3) is 0 Å². The minimum Gasteiger partial charge on any atom is -0.460 e. The average Bonchev–Trinajstić information content (AvgIpc) is 2.71. The second-order valence-corrected chi connectivity index (χ2v) is 7.98. The van der Waals surface area contributed by atoms with Gasteiger partial charge in [0, 0.05) is 12.1 Å². The van der Waals surface area contributed by atoms with E-state index in [0.29, 0.717) is 11.8 Å². The normalized spacial score (nSPS) is 26.7. The summed E-state index contributed by atoms with van der Waals surface area (Å²) in [7, 11) is 1.39. The predicted octanol–water partition coefficient (Wildman–Crippen LogP) is 3.65. The molecule has 0 unspecified atom stereocenters. The van der Waals surface area contributed by atoms with Crippen LogP contribution in [0.2, 0.25) is 0 Å². The smallest absolute Gasteiger partial charge is 0.413 e. The molecule has 164 valence electrons. The summed E-state index contributed by atoms with van der Waals surface area (Å²) in [6, 6.07) is 0.294. The first kappa shape index (κ1) is 23.0. The molecule has 0 atom stereocenters. The summed E-state index contributed by atoms with van der Waals surface area (Å²) >= 11 is 0. The molecule has 8 nitrogen and oxygen atoms in total. The van der Waals surface area contributed by atoms with Gasteiger partial charge in [-0.05, 0) is 83.1 Å². The summed E-state index contributed by atoms with van der Waals surface area (Å²) in [4.78, 5) is 34.7. The van der Waals surface area contributed by atoms with E-state index < -0.39 is 12.1 Å². The lowest BCUT2D eigenvalue weighted by molar-refractivity contribution is -0.141. The summed E-state index contributed by atoms with van der Waals surface area (Å²) in [6.07, 6.45) is 8.46. The van der Waals surface area contributed by atoms with E-state index in [2.05, 4.69) is 21.9 Å². The Morgan fingerprint density at radius 1 is 0.862 bits per heavy atom. The third-order valence-corrected chi connectivity index (χ3v) is 5.91. The molecule has 0 aromatic carbocycles. The molecule has 8 heteroatoms. The number of esters is 1. The van der Waals surface area contributed by atoms with Crippen LogP contribution in [0.1, 0.15) is 64.7 Å². The lowest BCUT2D eigenvalue weighted by Gasteiger charge is -2.34. The fourth-order valence-electron chi connectivity index (χ4n) is 4.34. The van der Waals surface area contributed by atoms with Gasteiger partial charge in [-0.1, -0.05) is 0 Å². The van der Waals surface area contributed by atoms with Crippen molar-refractivity contribution in [1.29, 1.82) is 0 Å². The van der Waals surface area contributed by atoms with Crippen LogP contribution in [0, 0.1) is 11.8 Å². The van der Waals surface area contributed by atoms with Crippen molar-refractivity contribution >= 4 is 18.2 Å². The van der Waals surface area contributed by atoms with E-state index in [-0.39, 0.29) is 30.5 Å². The van der Waals surface area contributed by atoms with Gasteiger partial charge in [-0.15, -0.1) is 0 Å². The molecule has 0 bridgehead atoms. The summed E-state index contributed by atoms with van der Waals surface area (Å²) in [5.74, 6) is 0.366. The molecule has 2 aliphatic rings. The zero-order chi connectivity index (χ0) is 21.2. The predicted molar refractivity (Wildman–Crippen MR) is 107 cm³/mol. The number of hydrogen-bond donors (Lipinski definition) is 2. The van der Waals surface area contributed by atoms with Crippen LogP contribution >= 0.6 is 0 Å². The molecule has 2 aliphatic carbocycles. The number of carbonyl (C=O) groups is 3. The van der Waals surface area contributed by atoms with Gasteiger partial charge in [-0.25, -0.2) is 14.4 Å². The maximum atomic E-state index is 11.9. The number of ether oxygens (including phenoxy) is 3. The van der Waals surface area contributed by atoms with Crippen LogP contribution in [-0.4, -0.2) is 44.0 Å².